The molecule has 1 aliphatic carbocycles. The summed E-state index contributed by atoms with van der Waals surface area (Å²) >= 11 is 0. The van der Waals surface area contributed by atoms with E-state index >= 15 is 0 Å². The maximum atomic E-state index is 13.1. The molecule has 2 aromatic rings. The molecule has 4 rings (SSSR count). The van der Waals surface area contributed by atoms with E-state index in [-0.39, 0.29) is 5.91 Å². The van der Waals surface area contributed by atoms with Crippen molar-refractivity contribution in [3.05, 3.63) is 35.2 Å². The highest BCUT2D eigenvalue weighted by atomic mass is 16.2. The lowest BCUT2D eigenvalue weighted by Gasteiger charge is -2.44. The lowest BCUT2D eigenvalue weighted by atomic mass is 9.78. The molecule has 1 amide bonds. The fourth-order valence-electron chi connectivity index (χ4n) is 4.41. The van der Waals surface area contributed by atoms with Crippen molar-refractivity contribution in [2.45, 2.75) is 58.4 Å². The third kappa shape index (κ3) is 2.68. The molecule has 1 aromatic heterocycles. The van der Waals surface area contributed by atoms with Crippen molar-refractivity contribution in [3.8, 4) is 0 Å². The van der Waals surface area contributed by atoms with Crippen LogP contribution in [-0.2, 0) is 0 Å². The highest BCUT2D eigenvalue weighted by Crippen LogP contribution is 2.36. The molecule has 2 atom stereocenters. The van der Waals surface area contributed by atoms with Crippen molar-refractivity contribution >= 4 is 16.9 Å². The quantitative estimate of drug-likeness (QED) is 0.795. The molecule has 1 saturated carbocycles. The maximum absolute atomic E-state index is 13.1. The number of aromatic nitrogens is 2. The number of hydrogen-bond acceptors (Lipinski definition) is 3. The molecule has 0 radical (unpaired) electrons. The molecule has 2 heterocycles. The van der Waals surface area contributed by atoms with Crippen LogP contribution in [0, 0.1) is 19.8 Å². The van der Waals surface area contributed by atoms with Gasteiger partial charge in [-0.1, -0.05) is 12.8 Å². The predicted octanol–water partition coefficient (Wildman–Crippen LogP) is 4.04. The smallest absolute Gasteiger partial charge is 0.254 e. The first-order valence-corrected chi connectivity index (χ1v) is 9.19. The van der Waals surface area contributed by atoms with Gasteiger partial charge in [-0.2, -0.15) is 0 Å². The highest BCUT2D eigenvalue weighted by molar-refractivity contribution is 5.97. The van der Waals surface area contributed by atoms with Gasteiger partial charge in [0.1, 0.15) is 0 Å². The van der Waals surface area contributed by atoms with E-state index in [4.69, 9.17) is 0 Å². The van der Waals surface area contributed by atoms with Gasteiger partial charge in [0, 0.05) is 18.2 Å². The number of amides is 1. The van der Waals surface area contributed by atoms with Crippen molar-refractivity contribution in [3.63, 3.8) is 0 Å². The molecule has 126 valence electrons. The molecule has 0 N–H and O–H groups in total. The summed E-state index contributed by atoms with van der Waals surface area (Å²) in [6.07, 6.45) is 7.47. The molecule has 2 unspecified atom stereocenters. The number of aryl methyl sites for hydroxylation is 2. The SMILES string of the molecule is Cc1nc2ccc(C(=O)N3CCCC4CCCCC43)cc2nc1C. The van der Waals surface area contributed by atoms with Gasteiger partial charge < -0.3 is 4.90 Å². The number of benzene rings is 1. The molecular formula is C20H25N3O. The van der Waals surface area contributed by atoms with Crippen molar-refractivity contribution in [2.24, 2.45) is 5.92 Å². The number of likely N-dealkylation sites (tertiary alicyclic amines) is 1. The molecule has 1 saturated heterocycles. The first-order chi connectivity index (χ1) is 11.6. The zero-order valence-corrected chi connectivity index (χ0v) is 14.6. The van der Waals surface area contributed by atoms with Crippen molar-refractivity contribution in [1.82, 2.24) is 14.9 Å². The lowest BCUT2D eigenvalue weighted by molar-refractivity contribution is 0.0391. The minimum atomic E-state index is 0.175. The van der Waals surface area contributed by atoms with Crippen LogP contribution >= 0.6 is 0 Å². The Morgan fingerprint density at radius 1 is 1.00 bits per heavy atom. The topological polar surface area (TPSA) is 46.1 Å². The van der Waals surface area contributed by atoms with E-state index in [0.717, 1.165) is 41.0 Å². The van der Waals surface area contributed by atoms with Gasteiger partial charge in [-0.25, -0.2) is 9.97 Å². The highest BCUT2D eigenvalue weighted by Gasteiger charge is 2.36. The van der Waals surface area contributed by atoms with Gasteiger partial charge >= 0.3 is 0 Å². The lowest BCUT2D eigenvalue weighted by Crippen LogP contribution is -2.49. The van der Waals surface area contributed by atoms with E-state index in [0.29, 0.717) is 12.0 Å². The van der Waals surface area contributed by atoms with Gasteiger partial charge in [0.2, 0.25) is 0 Å². The van der Waals surface area contributed by atoms with Crippen molar-refractivity contribution in [2.75, 3.05) is 6.54 Å². The minimum Gasteiger partial charge on any atom is -0.335 e. The summed E-state index contributed by atoms with van der Waals surface area (Å²) in [5.41, 5.74) is 4.32. The van der Waals surface area contributed by atoms with E-state index in [2.05, 4.69) is 14.9 Å². The van der Waals surface area contributed by atoms with E-state index < -0.39 is 0 Å². The number of nitrogens with zero attached hydrogens (tertiary/aromatic N) is 3. The van der Waals surface area contributed by atoms with Gasteiger partial charge in [-0.15, -0.1) is 0 Å². The van der Waals surface area contributed by atoms with Crippen LogP contribution < -0.4 is 0 Å². The Kier molecular flexibility index (Phi) is 3.99. The Hall–Kier alpha value is -1.97. The van der Waals surface area contributed by atoms with Crippen LogP contribution in [-0.4, -0.2) is 33.4 Å². The summed E-state index contributed by atoms with van der Waals surface area (Å²) in [5.74, 6) is 0.884. The first-order valence-electron chi connectivity index (χ1n) is 9.19. The summed E-state index contributed by atoms with van der Waals surface area (Å²) in [7, 11) is 0. The monoisotopic (exact) mass is 323 g/mol. The predicted molar refractivity (Wildman–Crippen MR) is 95.0 cm³/mol. The second-order valence-electron chi connectivity index (χ2n) is 7.35. The van der Waals surface area contributed by atoms with E-state index in [1.807, 2.05) is 32.0 Å². The number of carbonyl (C=O) groups excluding carboxylic acids is 1. The first kappa shape index (κ1) is 15.6. The molecule has 1 aliphatic heterocycles. The van der Waals surface area contributed by atoms with Crippen LogP contribution in [0.15, 0.2) is 18.2 Å². The van der Waals surface area contributed by atoms with Gasteiger partial charge in [-0.3, -0.25) is 4.79 Å². The minimum absolute atomic E-state index is 0.175. The summed E-state index contributed by atoms with van der Waals surface area (Å²) in [6, 6.07) is 6.22. The Morgan fingerprint density at radius 3 is 2.54 bits per heavy atom. The number of rotatable bonds is 1. The number of hydrogen-bond donors (Lipinski definition) is 0. The summed E-state index contributed by atoms with van der Waals surface area (Å²) in [5, 5.41) is 0. The third-order valence-electron chi connectivity index (χ3n) is 5.83. The molecule has 1 aromatic carbocycles. The number of fused-ring (bicyclic) bond motifs is 2. The van der Waals surface area contributed by atoms with Gasteiger partial charge in [0.05, 0.1) is 22.4 Å². The summed E-state index contributed by atoms with van der Waals surface area (Å²) < 4.78 is 0. The molecule has 0 spiro atoms. The van der Waals surface area contributed by atoms with E-state index in [9.17, 15) is 4.79 Å². The number of piperidine rings is 1. The second-order valence-corrected chi connectivity index (χ2v) is 7.35. The average molecular weight is 323 g/mol. The standard InChI is InChI=1S/C20H25N3O/c1-13-14(2)22-18-12-16(9-10-17(18)21-13)20(24)23-11-5-7-15-6-3-4-8-19(15)23/h9-10,12,15,19H,3-8,11H2,1-2H3. The molecule has 24 heavy (non-hydrogen) atoms. The fraction of sp³-hybridized carbons (Fsp3) is 0.550. The van der Waals surface area contributed by atoms with Gasteiger partial charge in [-0.05, 0) is 63.6 Å². The van der Waals surface area contributed by atoms with Crippen LogP contribution in [0.25, 0.3) is 11.0 Å². The fourth-order valence-corrected chi connectivity index (χ4v) is 4.41. The Bertz CT molecular complexity index is 784. The average Bonchev–Trinajstić information content (AvgIpc) is 2.61. The van der Waals surface area contributed by atoms with E-state index in [1.165, 1.54) is 32.1 Å². The normalized spacial score (nSPS) is 24.0. The Labute approximate surface area is 143 Å². The molecule has 2 aliphatic rings. The van der Waals surface area contributed by atoms with Crippen LogP contribution in [0.4, 0.5) is 0 Å². The molecular weight excluding hydrogens is 298 g/mol. The van der Waals surface area contributed by atoms with Crippen LogP contribution in [0.2, 0.25) is 0 Å². The molecule has 0 bridgehead atoms. The zero-order chi connectivity index (χ0) is 16.7. The number of carbonyl (C=O) groups is 1. The molecule has 4 nitrogen and oxygen atoms in total. The molecule has 2 fully saturated rings. The van der Waals surface area contributed by atoms with Crippen LogP contribution in [0.1, 0.15) is 60.3 Å². The Balaban J connectivity index is 1.66. The summed E-state index contributed by atoms with van der Waals surface area (Å²) in [4.78, 5) is 24.4. The van der Waals surface area contributed by atoms with Gasteiger partial charge in [0.25, 0.3) is 5.91 Å². The second kappa shape index (κ2) is 6.15. The van der Waals surface area contributed by atoms with Crippen molar-refractivity contribution in [1.29, 1.82) is 0 Å². The Morgan fingerprint density at radius 2 is 1.71 bits per heavy atom. The summed E-state index contributed by atoms with van der Waals surface area (Å²) in [6.45, 7) is 4.84. The molecule has 4 heteroatoms. The van der Waals surface area contributed by atoms with Crippen molar-refractivity contribution < 1.29 is 4.79 Å². The van der Waals surface area contributed by atoms with Gasteiger partial charge in [0.15, 0.2) is 0 Å². The van der Waals surface area contributed by atoms with Crippen LogP contribution in [0.5, 0.6) is 0 Å². The van der Waals surface area contributed by atoms with E-state index in [1.54, 1.807) is 0 Å². The van der Waals surface area contributed by atoms with Crippen LogP contribution in [0.3, 0.4) is 0 Å². The third-order valence-corrected chi connectivity index (χ3v) is 5.83. The maximum Gasteiger partial charge on any atom is 0.254 e. The largest absolute Gasteiger partial charge is 0.335 e. The zero-order valence-electron chi connectivity index (χ0n) is 14.6.